The van der Waals surface area contributed by atoms with Gasteiger partial charge in [-0.25, -0.2) is 0 Å². The van der Waals surface area contributed by atoms with E-state index in [9.17, 15) is 0 Å². The molecule has 0 spiro atoms. The number of piperidine rings is 1. The maximum absolute atomic E-state index is 6.27. The third-order valence-electron chi connectivity index (χ3n) is 4.35. The van der Waals surface area contributed by atoms with Gasteiger partial charge in [0.2, 0.25) is 0 Å². The van der Waals surface area contributed by atoms with Crippen molar-refractivity contribution in [1.82, 2.24) is 9.80 Å². The van der Waals surface area contributed by atoms with E-state index < -0.39 is 0 Å². The number of halogens is 1. The summed E-state index contributed by atoms with van der Waals surface area (Å²) in [7, 11) is 4.31. The predicted octanol–water partition coefficient (Wildman–Crippen LogP) is 3.00. The van der Waals surface area contributed by atoms with Crippen LogP contribution in [0.25, 0.3) is 0 Å². The van der Waals surface area contributed by atoms with Gasteiger partial charge in [0.05, 0.1) is 0 Å². The van der Waals surface area contributed by atoms with Crippen LogP contribution in [0.5, 0.6) is 0 Å². The molecule has 2 unspecified atom stereocenters. The highest BCUT2D eigenvalue weighted by Crippen LogP contribution is 2.30. The summed E-state index contributed by atoms with van der Waals surface area (Å²) in [6, 6.07) is 8.52. The molecule has 0 bridgehead atoms. The van der Waals surface area contributed by atoms with Gasteiger partial charge in [-0.15, -0.1) is 0 Å². The Bertz CT molecular complexity index is 439. The molecule has 2 atom stereocenters. The smallest absolute Gasteiger partial charge is 0.0497 e. The lowest BCUT2D eigenvalue weighted by Gasteiger charge is -2.40. The summed E-state index contributed by atoms with van der Waals surface area (Å²) in [6.45, 7) is 5.53. The Morgan fingerprint density at radius 3 is 2.52 bits per heavy atom. The molecular formula is C17H28ClN3. The Morgan fingerprint density at radius 2 is 2.00 bits per heavy atom. The van der Waals surface area contributed by atoms with Gasteiger partial charge in [-0.2, -0.15) is 0 Å². The molecule has 1 saturated heterocycles. The Labute approximate surface area is 134 Å². The van der Waals surface area contributed by atoms with Crippen molar-refractivity contribution >= 4 is 11.6 Å². The number of nitrogens with zero attached hydrogens (tertiary/aromatic N) is 2. The zero-order chi connectivity index (χ0) is 15.4. The molecule has 1 aliphatic heterocycles. The molecule has 21 heavy (non-hydrogen) atoms. The van der Waals surface area contributed by atoms with Crippen LogP contribution in [-0.2, 0) is 0 Å². The van der Waals surface area contributed by atoms with Gasteiger partial charge in [-0.3, -0.25) is 4.90 Å². The van der Waals surface area contributed by atoms with Gasteiger partial charge in [0.1, 0.15) is 0 Å². The number of hydrogen-bond acceptors (Lipinski definition) is 3. The number of benzene rings is 1. The fraction of sp³-hybridized carbons (Fsp3) is 0.647. The van der Waals surface area contributed by atoms with E-state index >= 15 is 0 Å². The maximum atomic E-state index is 6.27. The Balaban J connectivity index is 2.04. The molecule has 1 fully saturated rings. The summed E-state index contributed by atoms with van der Waals surface area (Å²) in [5.41, 5.74) is 7.51. The average molecular weight is 310 g/mol. The van der Waals surface area contributed by atoms with E-state index in [0.29, 0.717) is 0 Å². The monoisotopic (exact) mass is 309 g/mol. The first-order valence-electron chi connectivity index (χ1n) is 7.87. The lowest BCUT2D eigenvalue weighted by molar-refractivity contribution is 0.108. The quantitative estimate of drug-likeness (QED) is 0.907. The second-order valence-electron chi connectivity index (χ2n) is 6.60. The normalized spacial score (nSPS) is 20.7. The molecule has 0 radical (unpaired) electrons. The number of nitrogens with two attached hydrogens (primary N) is 1. The van der Waals surface area contributed by atoms with Crippen LogP contribution >= 0.6 is 11.6 Å². The largest absolute Gasteiger partial charge is 0.326 e. The van der Waals surface area contributed by atoms with Crippen LogP contribution in [0, 0.1) is 5.92 Å². The van der Waals surface area contributed by atoms with Gasteiger partial charge < -0.3 is 10.6 Å². The molecule has 4 heteroatoms. The van der Waals surface area contributed by atoms with Gasteiger partial charge in [0.15, 0.2) is 0 Å². The zero-order valence-electron chi connectivity index (χ0n) is 13.4. The number of hydrogen-bond donors (Lipinski definition) is 1. The molecule has 2 rings (SSSR count). The van der Waals surface area contributed by atoms with Crippen LogP contribution in [0.4, 0.5) is 0 Å². The predicted molar refractivity (Wildman–Crippen MR) is 90.7 cm³/mol. The summed E-state index contributed by atoms with van der Waals surface area (Å²) >= 11 is 6.15. The van der Waals surface area contributed by atoms with Crippen LogP contribution in [0.3, 0.4) is 0 Å². The van der Waals surface area contributed by atoms with E-state index in [0.717, 1.165) is 24.0 Å². The van der Waals surface area contributed by atoms with Crippen molar-refractivity contribution in [3.63, 3.8) is 0 Å². The molecule has 2 N–H and O–H groups in total. The molecule has 0 aliphatic carbocycles. The zero-order valence-corrected chi connectivity index (χ0v) is 14.2. The number of likely N-dealkylation sites (tertiary alicyclic amines) is 1. The van der Waals surface area contributed by atoms with Gasteiger partial charge >= 0.3 is 0 Å². The van der Waals surface area contributed by atoms with Crippen LogP contribution < -0.4 is 5.73 Å². The molecule has 0 amide bonds. The third-order valence-corrected chi connectivity index (χ3v) is 4.59. The molecule has 1 aromatic rings. The summed E-state index contributed by atoms with van der Waals surface area (Å²) in [4.78, 5) is 4.82. The highest BCUT2D eigenvalue weighted by Gasteiger charge is 2.28. The van der Waals surface area contributed by atoms with E-state index in [1.807, 2.05) is 12.1 Å². The van der Waals surface area contributed by atoms with Crippen molar-refractivity contribution in [2.24, 2.45) is 11.7 Å². The Hall–Kier alpha value is -0.610. The van der Waals surface area contributed by atoms with Crippen molar-refractivity contribution in [3.05, 3.63) is 34.9 Å². The van der Waals surface area contributed by atoms with E-state index in [4.69, 9.17) is 17.3 Å². The van der Waals surface area contributed by atoms with Crippen LogP contribution in [0.2, 0.25) is 5.02 Å². The van der Waals surface area contributed by atoms with Crippen molar-refractivity contribution < 1.29 is 0 Å². The fourth-order valence-electron chi connectivity index (χ4n) is 3.47. The molecule has 1 aromatic carbocycles. The molecule has 1 aliphatic rings. The van der Waals surface area contributed by atoms with Crippen molar-refractivity contribution in [3.8, 4) is 0 Å². The highest BCUT2D eigenvalue weighted by molar-refractivity contribution is 6.30. The standard InChI is InChI=1S/C17H28ClN3/c1-13(19)17(15-5-4-6-16(18)11-15)21-9-7-14(8-10-21)12-20(2)3/h4-6,11,13-14,17H,7-10,12,19H2,1-3H3. The van der Waals surface area contributed by atoms with Crippen molar-refractivity contribution in [2.45, 2.75) is 31.8 Å². The minimum Gasteiger partial charge on any atom is -0.326 e. The van der Waals surface area contributed by atoms with E-state index in [2.05, 4.69) is 43.0 Å². The molecule has 118 valence electrons. The number of rotatable bonds is 5. The topological polar surface area (TPSA) is 32.5 Å². The first-order chi connectivity index (χ1) is 9.97. The Kier molecular flexibility index (Phi) is 6.06. The van der Waals surface area contributed by atoms with E-state index in [1.165, 1.54) is 24.9 Å². The summed E-state index contributed by atoms with van der Waals surface area (Å²) in [6.07, 6.45) is 2.50. The van der Waals surface area contributed by atoms with Gasteiger partial charge in [0, 0.05) is 23.7 Å². The van der Waals surface area contributed by atoms with Gasteiger partial charge in [-0.1, -0.05) is 23.7 Å². The van der Waals surface area contributed by atoms with Crippen LogP contribution in [-0.4, -0.2) is 49.6 Å². The summed E-state index contributed by atoms with van der Waals surface area (Å²) in [5, 5.41) is 0.792. The molecule has 1 heterocycles. The van der Waals surface area contributed by atoms with Crippen molar-refractivity contribution in [2.75, 3.05) is 33.7 Å². The minimum absolute atomic E-state index is 0.105. The first-order valence-corrected chi connectivity index (χ1v) is 8.25. The lowest BCUT2D eigenvalue weighted by atomic mass is 9.92. The summed E-state index contributed by atoms with van der Waals surface area (Å²) in [5.74, 6) is 0.810. The first kappa shape index (κ1) is 16.8. The minimum atomic E-state index is 0.105. The molecule has 0 saturated carbocycles. The molecule has 0 aromatic heterocycles. The maximum Gasteiger partial charge on any atom is 0.0497 e. The highest BCUT2D eigenvalue weighted by atomic mass is 35.5. The van der Waals surface area contributed by atoms with Gasteiger partial charge in [0.25, 0.3) is 0 Å². The molecule has 3 nitrogen and oxygen atoms in total. The fourth-order valence-corrected chi connectivity index (χ4v) is 3.67. The summed E-state index contributed by atoms with van der Waals surface area (Å²) < 4.78 is 0. The van der Waals surface area contributed by atoms with E-state index in [1.54, 1.807) is 0 Å². The lowest BCUT2D eigenvalue weighted by Crippen LogP contribution is -2.44. The SMILES string of the molecule is CC(N)C(c1cccc(Cl)c1)N1CCC(CN(C)C)CC1. The third kappa shape index (κ3) is 4.68. The molecular weight excluding hydrogens is 282 g/mol. The van der Waals surface area contributed by atoms with E-state index in [-0.39, 0.29) is 12.1 Å². The average Bonchev–Trinajstić information content (AvgIpc) is 2.40. The second kappa shape index (κ2) is 7.59. The van der Waals surface area contributed by atoms with Crippen LogP contribution in [0.1, 0.15) is 31.4 Å². The van der Waals surface area contributed by atoms with Crippen LogP contribution in [0.15, 0.2) is 24.3 Å². The Morgan fingerprint density at radius 1 is 1.33 bits per heavy atom. The van der Waals surface area contributed by atoms with Gasteiger partial charge in [-0.05, 0) is 70.6 Å². The van der Waals surface area contributed by atoms with Crippen molar-refractivity contribution in [1.29, 1.82) is 0 Å². The second-order valence-corrected chi connectivity index (χ2v) is 7.04.